The van der Waals surface area contributed by atoms with Gasteiger partial charge in [-0.05, 0) is 43.1 Å². The summed E-state index contributed by atoms with van der Waals surface area (Å²) in [5.74, 6) is 0. The number of hydrogen-bond acceptors (Lipinski definition) is 4. The van der Waals surface area contributed by atoms with Gasteiger partial charge in [0, 0.05) is 13.2 Å². The van der Waals surface area contributed by atoms with Gasteiger partial charge in [0.05, 0.1) is 24.8 Å². The molecule has 0 aromatic heterocycles. The standard InChI is InChI=1S/C14H20N2O2/c1-12-9-13(10-15)3-4-14(12)11-16-5-2-7-18-8-6-17/h3-4,9,16-17H,2,5-8,11H2,1H3. The molecule has 0 bridgehead atoms. The Bertz CT molecular complexity index is 399. The number of aliphatic hydroxyl groups is 1. The lowest BCUT2D eigenvalue weighted by Gasteiger charge is -2.08. The molecular formula is C14H20N2O2. The van der Waals surface area contributed by atoms with Crippen molar-refractivity contribution in [3.05, 3.63) is 34.9 Å². The lowest BCUT2D eigenvalue weighted by atomic mass is 10.1. The van der Waals surface area contributed by atoms with Crippen LogP contribution in [0.1, 0.15) is 23.1 Å². The fourth-order valence-electron chi connectivity index (χ4n) is 1.65. The average Bonchev–Trinajstić information content (AvgIpc) is 2.39. The Morgan fingerprint density at radius 3 is 2.89 bits per heavy atom. The Hall–Kier alpha value is -1.41. The molecule has 1 aromatic rings. The average molecular weight is 248 g/mol. The Morgan fingerprint density at radius 2 is 2.22 bits per heavy atom. The molecule has 0 aliphatic heterocycles. The number of nitrogens with zero attached hydrogens (tertiary/aromatic N) is 1. The van der Waals surface area contributed by atoms with Gasteiger partial charge >= 0.3 is 0 Å². The zero-order chi connectivity index (χ0) is 13.2. The number of nitriles is 1. The molecule has 98 valence electrons. The molecule has 0 aliphatic rings. The van der Waals surface area contributed by atoms with Gasteiger partial charge in [-0.2, -0.15) is 5.26 Å². The predicted molar refractivity (Wildman–Crippen MR) is 70.1 cm³/mol. The van der Waals surface area contributed by atoms with Crippen molar-refractivity contribution in [2.24, 2.45) is 0 Å². The topological polar surface area (TPSA) is 65.3 Å². The molecule has 0 heterocycles. The Labute approximate surface area is 108 Å². The quantitative estimate of drug-likeness (QED) is 0.682. The highest BCUT2D eigenvalue weighted by molar-refractivity contribution is 5.37. The highest BCUT2D eigenvalue weighted by atomic mass is 16.5. The van der Waals surface area contributed by atoms with Crippen LogP contribution in [0, 0.1) is 18.3 Å². The minimum Gasteiger partial charge on any atom is -0.394 e. The van der Waals surface area contributed by atoms with Crippen LogP contribution >= 0.6 is 0 Å². The van der Waals surface area contributed by atoms with E-state index >= 15 is 0 Å². The summed E-state index contributed by atoms with van der Waals surface area (Å²) in [6, 6.07) is 7.87. The molecule has 0 aliphatic carbocycles. The van der Waals surface area contributed by atoms with Gasteiger partial charge in [0.25, 0.3) is 0 Å². The smallest absolute Gasteiger partial charge is 0.0991 e. The lowest BCUT2D eigenvalue weighted by Crippen LogP contribution is -2.17. The summed E-state index contributed by atoms with van der Waals surface area (Å²) < 4.78 is 5.16. The molecule has 0 radical (unpaired) electrons. The Balaban J connectivity index is 2.21. The minimum atomic E-state index is 0.0812. The van der Waals surface area contributed by atoms with Crippen molar-refractivity contribution < 1.29 is 9.84 Å². The zero-order valence-corrected chi connectivity index (χ0v) is 10.8. The molecule has 4 heteroatoms. The molecule has 1 aromatic carbocycles. The largest absolute Gasteiger partial charge is 0.394 e. The van der Waals surface area contributed by atoms with Gasteiger partial charge in [-0.25, -0.2) is 0 Å². The summed E-state index contributed by atoms with van der Waals surface area (Å²) in [6.07, 6.45) is 0.926. The number of rotatable bonds is 8. The SMILES string of the molecule is Cc1cc(C#N)ccc1CNCCCOCCO. The zero-order valence-electron chi connectivity index (χ0n) is 10.8. The van der Waals surface area contributed by atoms with Crippen LogP contribution in [0.15, 0.2) is 18.2 Å². The van der Waals surface area contributed by atoms with E-state index in [2.05, 4.69) is 11.4 Å². The van der Waals surface area contributed by atoms with E-state index in [1.54, 1.807) is 0 Å². The molecule has 0 spiro atoms. The summed E-state index contributed by atoms with van der Waals surface area (Å²) in [6.45, 7) is 4.86. The van der Waals surface area contributed by atoms with E-state index in [-0.39, 0.29) is 6.61 Å². The number of benzene rings is 1. The first kappa shape index (κ1) is 14.7. The highest BCUT2D eigenvalue weighted by Gasteiger charge is 1.99. The fourth-order valence-corrected chi connectivity index (χ4v) is 1.65. The molecule has 0 amide bonds. The van der Waals surface area contributed by atoms with Crippen molar-refractivity contribution in [2.45, 2.75) is 19.9 Å². The number of ether oxygens (including phenoxy) is 1. The highest BCUT2D eigenvalue weighted by Crippen LogP contribution is 2.10. The van der Waals surface area contributed by atoms with Crippen molar-refractivity contribution in [3.63, 3.8) is 0 Å². The first-order valence-corrected chi connectivity index (χ1v) is 6.17. The van der Waals surface area contributed by atoms with Gasteiger partial charge < -0.3 is 15.2 Å². The van der Waals surface area contributed by atoms with Gasteiger partial charge in [0.15, 0.2) is 0 Å². The lowest BCUT2D eigenvalue weighted by molar-refractivity contribution is 0.0907. The van der Waals surface area contributed by atoms with E-state index in [1.165, 1.54) is 5.56 Å². The van der Waals surface area contributed by atoms with Crippen molar-refractivity contribution in [1.29, 1.82) is 5.26 Å². The van der Waals surface area contributed by atoms with Crippen molar-refractivity contribution in [2.75, 3.05) is 26.4 Å². The van der Waals surface area contributed by atoms with Gasteiger partial charge in [0.2, 0.25) is 0 Å². The number of nitrogens with one attached hydrogen (secondary N) is 1. The van der Waals surface area contributed by atoms with Crippen LogP contribution in [0.5, 0.6) is 0 Å². The second-order valence-corrected chi connectivity index (χ2v) is 4.12. The Kier molecular flexibility index (Phi) is 7.04. The van der Waals surface area contributed by atoms with Gasteiger partial charge in [-0.1, -0.05) is 6.07 Å². The maximum Gasteiger partial charge on any atom is 0.0991 e. The van der Waals surface area contributed by atoms with Crippen LogP contribution in [0.4, 0.5) is 0 Å². The van der Waals surface area contributed by atoms with Gasteiger partial charge in [-0.3, -0.25) is 0 Å². The molecule has 18 heavy (non-hydrogen) atoms. The number of aryl methyl sites for hydroxylation is 1. The normalized spacial score (nSPS) is 10.3. The van der Waals surface area contributed by atoms with Crippen LogP contribution in [-0.4, -0.2) is 31.5 Å². The monoisotopic (exact) mass is 248 g/mol. The van der Waals surface area contributed by atoms with Crippen LogP contribution in [0.2, 0.25) is 0 Å². The molecule has 4 nitrogen and oxygen atoms in total. The van der Waals surface area contributed by atoms with E-state index in [9.17, 15) is 0 Å². The second-order valence-electron chi connectivity index (χ2n) is 4.12. The maximum absolute atomic E-state index is 8.77. The molecule has 1 rings (SSSR count). The minimum absolute atomic E-state index is 0.0812. The van der Waals surface area contributed by atoms with E-state index in [1.807, 2.05) is 25.1 Å². The van der Waals surface area contributed by atoms with Gasteiger partial charge in [0.1, 0.15) is 0 Å². The number of aliphatic hydroxyl groups excluding tert-OH is 1. The molecule has 2 N–H and O–H groups in total. The van der Waals surface area contributed by atoms with Gasteiger partial charge in [-0.15, -0.1) is 0 Å². The fraction of sp³-hybridized carbons (Fsp3) is 0.500. The van der Waals surface area contributed by atoms with E-state index in [4.69, 9.17) is 15.1 Å². The van der Waals surface area contributed by atoms with Crippen molar-refractivity contribution >= 4 is 0 Å². The molecule has 0 fully saturated rings. The molecular weight excluding hydrogens is 228 g/mol. The summed E-state index contributed by atoms with van der Waals surface area (Å²) in [4.78, 5) is 0. The number of hydrogen-bond donors (Lipinski definition) is 2. The third-order valence-corrected chi connectivity index (χ3v) is 2.66. The molecule has 0 atom stereocenters. The summed E-state index contributed by atoms with van der Waals surface area (Å²) in [5, 5.41) is 20.6. The first-order valence-electron chi connectivity index (χ1n) is 6.17. The summed E-state index contributed by atoms with van der Waals surface area (Å²) >= 11 is 0. The van der Waals surface area contributed by atoms with Crippen LogP contribution in [0.25, 0.3) is 0 Å². The molecule has 0 saturated carbocycles. The summed E-state index contributed by atoms with van der Waals surface area (Å²) in [5.41, 5.74) is 3.05. The Morgan fingerprint density at radius 1 is 1.39 bits per heavy atom. The second kappa shape index (κ2) is 8.65. The van der Waals surface area contributed by atoms with Crippen LogP contribution in [-0.2, 0) is 11.3 Å². The van der Waals surface area contributed by atoms with Crippen LogP contribution in [0.3, 0.4) is 0 Å². The third kappa shape index (κ3) is 5.28. The predicted octanol–water partition coefficient (Wildman–Crippen LogP) is 1.36. The third-order valence-electron chi connectivity index (χ3n) is 2.66. The van der Waals surface area contributed by atoms with E-state index < -0.39 is 0 Å². The van der Waals surface area contributed by atoms with Crippen molar-refractivity contribution in [3.8, 4) is 6.07 Å². The molecule has 0 unspecified atom stereocenters. The van der Waals surface area contributed by atoms with Crippen LogP contribution < -0.4 is 5.32 Å². The van der Waals surface area contributed by atoms with Crippen molar-refractivity contribution in [1.82, 2.24) is 5.32 Å². The first-order chi connectivity index (χ1) is 8.77. The molecule has 0 saturated heterocycles. The summed E-state index contributed by atoms with van der Waals surface area (Å²) in [7, 11) is 0. The van der Waals surface area contributed by atoms with E-state index in [0.717, 1.165) is 25.1 Å². The van der Waals surface area contributed by atoms with E-state index in [0.29, 0.717) is 18.8 Å². The maximum atomic E-state index is 8.77.